The molecule has 2 heterocycles. The fourth-order valence-electron chi connectivity index (χ4n) is 4.87. The lowest BCUT2D eigenvalue weighted by Gasteiger charge is -2.27. The number of nitrogens with one attached hydrogen (secondary N) is 1. The standard InChI is InChI=1S/C30H25Cl2N3O3/c1-18-29(30(19-8-3-2-4-9-19)22-16-20(31)14-15-24(22)33-18)25-17-26(21-10-5-6-11-23(21)32)35(34-25)27(36)12-7-13-28(37)38/h2-6,8-11,14-17,26,34H,7,12-13H2,1H3,(H,37,38)/p-1/t26-/m1/s1. The molecule has 0 spiro atoms. The molecular weight excluding hydrogens is 521 g/mol. The summed E-state index contributed by atoms with van der Waals surface area (Å²) in [4.78, 5) is 29.1. The third-order valence-electron chi connectivity index (χ3n) is 6.57. The highest BCUT2D eigenvalue weighted by Gasteiger charge is 2.33. The van der Waals surface area contributed by atoms with Gasteiger partial charge in [-0.25, -0.2) is 5.01 Å². The number of aliphatic carboxylic acids is 1. The summed E-state index contributed by atoms with van der Waals surface area (Å²) >= 11 is 13.0. The molecule has 6 nitrogen and oxygen atoms in total. The van der Waals surface area contributed by atoms with Crippen molar-refractivity contribution in [3.05, 3.63) is 106 Å². The molecule has 1 amide bonds. The van der Waals surface area contributed by atoms with Gasteiger partial charge in [0, 0.05) is 44.6 Å². The number of aryl methyl sites for hydroxylation is 1. The molecule has 1 aromatic heterocycles. The third kappa shape index (κ3) is 5.10. The van der Waals surface area contributed by atoms with Crippen LogP contribution in [-0.2, 0) is 9.59 Å². The zero-order valence-electron chi connectivity index (χ0n) is 20.6. The van der Waals surface area contributed by atoms with Crippen LogP contribution >= 0.6 is 23.2 Å². The van der Waals surface area contributed by atoms with Gasteiger partial charge in [-0.05, 0) is 61.2 Å². The number of nitrogens with zero attached hydrogens (tertiary/aromatic N) is 2. The second kappa shape index (κ2) is 10.9. The van der Waals surface area contributed by atoms with E-state index in [0.29, 0.717) is 15.7 Å². The molecule has 38 heavy (non-hydrogen) atoms. The summed E-state index contributed by atoms with van der Waals surface area (Å²) in [6.45, 7) is 1.94. The minimum atomic E-state index is -1.18. The van der Waals surface area contributed by atoms with Crippen LogP contribution in [0.25, 0.3) is 27.7 Å². The van der Waals surface area contributed by atoms with Crippen LogP contribution in [0, 0.1) is 6.92 Å². The third-order valence-corrected chi connectivity index (χ3v) is 7.15. The molecular formula is C30H24Cl2N3O3-. The summed E-state index contributed by atoms with van der Waals surface area (Å²) in [5.74, 6) is -1.43. The van der Waals surface area contributed by atoms with E-state index in [1.54, 1.807) is 6.07 Å². The molecule has 4 aromatic rings. The molecule has 1 aliphatic rings. The number of rotatable bonds is 7. The van der Waals surface area contributed by atoms with Crippen molar-refractivity contribution >= 4 is 51.7 Å². The average Bonchev–Trinajstić information content (AvgIpc) is 3.33. The van der Waals surface area contributed by atoms with E-state index in [9.17, 15) is 14.7 Å². The number of carboxylic acids is 1. The number of hydrogen-bond acceptors (Lipinski definition) is 5. The van der Waals surface area contributed by atoms with Gasteiger partial charge in [-0.3, -0.25) is 15.2 Å². The van der Waals surface area contributed by atoms with Crippen molar-refractivity contribution in [2.75, 3.05) is 0 Å². The lowest BCUT2D eigenvalue weighted by atomic mass is 9.92. The second-order valence-corrected chi connectivity index (χ2v) is 9.97. The monoisotopic (exact) mass is 544 g/mol. The number of carboxylic acid groups (broad SMARTS) is 1. The maximum atomic E-state index is 13.3. The van der Waals surface area contributed by atoms with Gasteiger partial charge >= 0.3 is 0 Å². The molecule has 192 valence electrons. The SMILES string of the molecule is Cc1nc2ccc(Cl)cc2c(-c2ccccc2)c1C1=C[C@H](c2ccccc2Cl)N(C(=O)CCCC(=O)[O-])N1. The zero-order valence-corrected chi connectivity index (χ0v) is 22.1. The van der Waals surface area contributed by atoms with E-state index in [4.69, 9.17) is 28.2 Å². The molecule has 3 aromatic carbocycles. The first kappa shape index (κ1) is 25.8. The van der Waals surface area contributed by atoms with Gasteiger partial charge in [-0.2, -0.15) is 0 Å². The van der Waals surface area contributed by atoms with E-state index in [1.165, 1.54) is 5.01 Å². The largest absolute Gasteiger partial charge is 0.550 e. The Kier molecular flexibility index (Phi) is 7.36. The van der Waals surface area contributed by atoms with Gasteiger partial charge in [0.25, 0.3) is 0 Å². The summed E-state index contributed by atoms with van der Waals surface area (Å²) < 4.78 is 0. The number of benzene rings is 3. The maximum Gasteiger partial charge on any atom is 0.241 e. The zero-order chi connectivity index (χ0) is 26.8. The Morgan fingerprint density at radius 3 is 2.45 bits per heavy atom. The van der Waals surface area contributed by atoms with Crippen molar-refractivity contribution in [2.45, 2.75) is 32.2 Å². The van der Waals surface area contributed by atoms with Gasteiger partial charge in [0.2, 0.25) is 5.91 Å². The molecule has 0 saturated carbocycles. The highest BCUT2D eigenvalue weighted by Crippen LogP contribution is 2.41. The summed E-state index contributed by atoms with van der Waals surface area (Å²) in [6.07, 6.45) is 1.99. The molecule has 0 radical (unpaired) electrons. The van der Waals surface area contributed by atoms with Gasteiger partial charge in [0.05, 0.1) is 11.2 Å². The molecule has 1 atom stereocenters. The number of amides is 1. The topological polar surface area (TPSA) is 85.4 Å². The van der Waals surface area contributed by atoms with Crippen LogP contribution < -0.4 is 10.5 Å². The Hall–Kier alpha value is -3.87. The van der Waals surface area contributed by atoms with Gasteiger partial charge in [0.15, 0.2) is 0 Å². The minimum absolute atomic E-state index is 0.0408. The van der Waals surface area contributed by atoms with E-state index in [2.05, 4.69) is 5.43 Å². The molecule has 0 saturated heterocycles. The van der Waals surface area contributed by atoms with E-state index >= 15 is 0 Å². The summed E-state index contributed by atoms with van der Waals surface area (Å²) in [5, 5.41) is 14.4. The number of halogens is 2. The number of aromatic nitrogens is 1. The van der Waals surface area contributed by atoms with E-state index < -0.39 is 12.0 Å². The first-order chi connectivity index (χ1) is 18.3. The van der Waals surface area contributed by atoms with E-state index in [0.717, 1.165) is 38.9 Å². The average molecular weight is 545 g/mol. The van der Waals surface area contributed by atoms with Gasteiger partial charge in [-0.1, -0.05) is 71.7 Å². The lowest BCUT2D eigenvalue weighted by Crippen LogP contribution is -2.39. The van der Waals surface area contributed by atoms with Gasteiger partial charge < -0.3 is 9.90 Å². The van der Waals surface area contributed by atoms with Crippen LogP contribution in [-0.4, -0.2) is 21.9 Å². The molecule has 5 rings (SSSR count). The van der Waals surface area contributed by atoms with Crippen LogP contribution in [0.5, 0.6) is 0 Å². The number of carbonyl (C=O) groups is 2. The van der Waals surface area contributed by atoms with Crippen LogP contribution in [0.15, 0.2) is 78.9 Å². The predicted octanol–water partition coefficient (Wildman–Crippen LogP) is 5.87. The predicted molar refractivity (Wildman–Crippen MR) is 148 cm³/mol. The van der Waals surface area contributed by atoms with Crippen LogP contribution in [0.3, 0.4) is 0 Å². The summed E-state index contributed by atoms with van der Waals surface area (Å²) in [5.41, 5.74) is 9.11. The molecule has 0 aliphatic carbocycles. The second-order valence-electron chi connectivity index (χ2n) is 9.12. The molecule has 0 unspecified atom stereocenters. The Morgan fingerprint density at radius 2 is 1.71 bits per heavy atom. The van der Waals surface area contributed by atoms with Crippen LogP contribution in [0.2, 0.25) is 10.0 Å². The number of pyridine rings is 1. The summed E-state index contributed by atoms with van der Waals surface area (Å²) in [7, 11) is 0. The highest BCUT2D eigenvalue weighted by molar-refractivity contribution is 6.32. The van der Waals surface area contributed by atoms with E-state index in [1.807, 2.05) is 79.7 Å². The fourth-order valence-corrected chi connectivity index (χ4v) is 5.29. The number of hydrazine groups is 1. The molecule has 0 fully saturated rings. The van der Waals surface area contributed by atoms with Crippen LogP contribution in [0.1, 0.15) is 42.1 Å². The van der Waals surface area contributed by atoms with Crippen molar-refractivity contribution in [3.63, 3.8) is 0 Å². The fraction of sp³-hybridized carbons (Fsp3) is 0.167. The van der Waals surface area contributed by atoms with Crippen molar-refractivity contribution in [1.82, 2.24) is 15.4 Å². The van der Waals surface area contributed by atoms with Crippen molar-refractivity contribution in [3.8, 4) is 11.1 Å². The molecule has 8 heteroatoms. The van der Waals surface area contributed by atoms with Crippen LogP contribution in [0.4, 0.5) is 0 Å². The lowest BCUT2D eigenvalue weighted by molar-refractivity contribution is -0.305. The first-order valence-electron chi connectivity index (χ1n) is 12.2. The van der Waals surface area contributed by atoms with E-state index in [-0.39, 0.29) is 25.2 Å². The first-order valence-corrected chi connectivity index (χ1v) is 13.0. The number of hydrogen-bond donors (Lipinski definition) is 1. The summed E-state index contributed by atoms with van der Waals surface area (Å²) in [6, 6.07) is 22.4. The maximum absolute atomic E-state index is 13.3. The Bertz CT molecular complexity index is 1570. The number of carbonyl (C=O) groups excluding carboxylic acids is 2. The van der Waals surface area contributed by atoms with Crippen molar-refractivity contribution < 1.29 is 14.7 Å². The normalized spacial score (nSPS) is 14.9. The Balaban J connectivity index is 1.67. The van der Waals surface area contributed by atoms with Crippen molar-refractivity contribution in [2.24, 2.45) is 0 Å². The minimum Gasteiger partial charge on any atom is -0.550 e. The quantitative estimate of drug-likeness (QED) is 0.314. The van der Waals surface area contributed by atoms with Gasteiger partial charge in [-0.15, -0.1) is 0 Å². The number of fused-ring (bicyclic) bond motifs is 1. The smallest absolute Gasteiger partial charge is 0.241 e. The molecule has 1 aliphatic heterocycles. The molecule has 0 bridgehead atoms. The highest BCUT2D eigenvalue weighted by atomic mass is 35.5. The van der Waals surface area contributed by atoms with Crippen molar-refractivity contribution in [1.29, 1.82) is 0 Å². The Labute approximate surface area is 230 Å². The van der Waals surface area contributed by atoms with Gasteiger partial charge in [0.1, 0.15) is 6.04 Å². The Morgan fingerprint density at radius 1 is 0.974 bits per heavy atom. The molecule has 1 N–H and O–H groups in total.